The minimum atomic E-state index is -1.27. The number of carboxylic acid groups (broad SMARTS) is 1. The lowest BCUT2D eigenvalue weighted by molar-refractivity contribution is 0.0698. The van der Waals surface area contributed by atoms with Gasteiger partial charge in [0.05, 0.1) is 11.4 Å². The largest absolute Gasteiger partial charge is 0.478 e. The third-order valence-electron chi connectivity index (χ3n) is 2.75. The molecule has 0 unspecified atom stereocenters. The molecule has 0 atom stereocenters. The van der Waals surface area contributed by atoms with Gasteiger partial charge < -0.3 is 16.2 Å². The van der Waals surface area contributed by atoms with Crippen molar-refractivity contribution in [2.45, 2.75) is 4.90 Å². The van der Waals surface area contributed by atoms with E-state index in [9.17, 15) is 9.18 Å². The van der Waals surface area contributed by atoms with E-state index in [1.165, 1.54) is 6.07 Å². The molecule has 4 nitrogen and oxygen atoms in total. The number of carboxylic acids is 1. The zero-order chi connectivity index (χ0) is 14.7. The molecule has 2 aromatic rings. The van der Waals surface area contributed by atoms with Crippen molar-refractivity contribution in [3.63, 3.8) is 0 Å². The Bertz CT molecular complexity index is 662. The van der Waals surface area contributed by atoms with E-state index in [-0.39, 0.29) is 16.9 Å². The third kappa shape index (κ3) is 2.85. The number of hydrogen-bond acceptors (Lipinski definition) is 4. The molecule has 2 aromatic carbocycles. The van der Waals surface area contributed by atoms with Gasteiger partial charge in [-0.15, -0.1) is 11.8 Å². The molecule has 20 heavy (non-hydrogen) atoms. The van der Waals surface area contributed by atoms with E-state index in [1.54, 1.807) is 17.8 Å². The number of rotatable bonds is 4. The number of nitrogen functional groups attached to an aromatic ring is 1. The Hall–Kier alpha value is -2.21. The summed E-state index contributed by atoms with van der Waals surface area (Å²) in [6.45, 7) is 0. The molecule has 0 saturated carbocycles. The van der Waals surface area contributed by atoms with Crippen LogP contribution in [-0.4, -0.2) is 17.3 Å². The summed E-state index contributed by atoms with van der Waals surface area (Å²) >= 11 is 1.57. The number of thioether (sulfide) groups is 1. The molecule has 104 valence electrons. The maximum atomic E-state index is 13.4. The molecule has 4 N–H and O–H groups in total. The van der Waals surface area contributed by atoms with E-state index < -0.39 is 11.8 Å². The van der Waals surface area contributed by atoms with Crippen LogP contribution in [0.3, 0.4) is 0 Å². The standard InChI is InChI=1S/C14H13FN2O2S/c1-20-9-4-2-3-8(7-9)17-11-6-5-10(15)13(16)12(11)14(18)19/h2-7,17H,16H2,1H3,(H,18,19). The molecule has 0 fully saturated rings. The van der Waals surface area contributed by atoms with Gasteiger partial charge in [0.2, 0.25) is 0 Å². The predicted octanol–water partition coefficient (Wildman–Crippen LogP) is 3.57. The molecule has 6 heteroatoms. The SMILES string of the molecule is CSc1cccc(Nc2ccc(F)c(N)c2C(=O)O)c1. The lowest BCUT2D eigenvalue weighted by Crippen LogP contribution is -2.08. The number of hydrogen-bond donors (Lipinski definition) is 3. The summed E-state index contributed by atoms with van der Waals surface area (Å²) in [5.74, 6) is -2.02. The van der Waals surface area contributed by atoms with Crippen molar-refractivity contribution in [3.05, 3.63) is 47.8 Å². The maximum Gasteiger partial charge on any atom is 0.340 e. The number of aromatic carboxylic acids is 1. The molecule has 0 spiro atoms. The van der Waals surface area contributed by atoms with Gasteiger partial charge in [-0.25, -0.2) is 9.18 Å². The van der Waals surface area contributed by atoms with Gasteiger partial charge >= 0.3 is 5.97 Å². The van der Waals surface area contributed by atoms with Gasteiger partial charge in [-0.1, -0.05) is 6.07 Å². The molecule has 0 heterocycles. The molecule has 0 saturated heterocycles. The van der Waals surface area contributed by atoms with Gasteiger partial charge in [0.1, 0.15) is 11.4 Å². The van der Waals surface area contributed by atoms with Crippen molar-refractivity contribution >= 4 is 34.8 Å². The van der Waals surface area contributed by atoms with Crippen molar-refractivity contribution in [2.24, 2.45) is 0 Å². The zero-order valence-corrected chi connectivity index (χ0v) is 11.5. The first-order valence-electron chi connectivity index (χ1n) is 5.75. The fraction of sp³-hybridized carbons (Fsp3) is 0.0714. The van der Waals surface area contributed by atoms with Gasteiger partial charge in [-0.05, 0) is 36.6 Å². The van der Waals surface area contributed by atoms with Crippen molar-refractivity contribution < 1.29 is 14.3 Å². The molecular formula is C14H13FN2O2S. The van der Waals surface area contributed by atoms with E-state index in [1.807, 2.05) is 24.5 Å². The number of carbonyl (C=O) groups is 1. The van der Waals surface area contributed by atoms with Gasteiger partial charge in [-0.3, -0.25) is 0 Å². The highest BCUT2D eigenvalue weighted by atomic mass is 32.2. The highest BCUT2D eigenvalue weighted by Gasteiger charge is 2.17. The number of nitrogens with one attached hydrogen (secondary N) is 1. The Balaban J connectivity index is 2.43. The van der Waals surface area contributed by atoms with Crippen LogP contribution >= 0.6 is 11.8 Å². The van der Waals surface area contributed by atoms with Gasteiger partial charge in [0.25, 0.3) is 0 Å². The van der Waals surface area contributed by atoms with Crippen LogP contribution in [-0.2, 0) is 0 Å². The lowest BCUT2D eigenvalue weighted by atomic mass is 10.1. The predicted molar refractivity (Wildman–Crippen MR) is 79.3 cm³/mol. The smallest absolute Gasteiger partial charge is 0.340 e. The molecule has 2 rings (SSSR count). The van der Waals surface area contributed by atoms with E-state index in [0.717, 1.165) is 11.0 Å². The molecule has 0 radical (unpaired) electrons. The molecular weight excluding hydrogens is 279 g/mol. The highest BCUT2D eigenvalue weighted by molar-refractivity contribution is 7.98. The molecule has 0 bridgehead atoms. The summed E-state index contributed by atoms with van der Waals surface area (Å²) in [7, 11) is 0. The molecule has 0 aliphatic heterocycles. The Labute approximate surface area is 119 Å². The van der Waals surface area contributed by atoms with Crippen LogP contribution < -0.4 is 11.1 Å². The fourth-order valence-electron chi connectivity index (χ4n) is 1.79. The van der Waals surface area contributed by atoms with Gasteiger partial charge in [0, 0.05) is 10.6 Å². The monoisotopic (exact) mass is 292 g/mol. The topological polar surface area (TPSA) is 75.3 Å². The van der Waals surface area contributed by atoms with Crippen molar-refractivity contribution in [1.29, 1.82) is 0 Å². The summed E-state index contributed by atoms with van der Waals surface area (Å²) in [5.41, 5.74) is 5.83. The summed E-state index contributed by atoms with van der Waals surface area (Å²) in [5, 5.41) is 12.1. The van der Waals surface area contributed by atoms with E-state index >= 15 is 0 Å². The Morgan fingerprint density at radius 3 is 2.75 bits per heavy atom. The summed E-state index contributed by atoms with van der Waals surface area (Å²) < 4.78 is 13.4. The van der Waals surface area contributed by atoms with Crippen molar-refractivity contribution in [2.75, 3.05) is 17.3 Å². The summed E-state index contributed by atoms with van der Waals surface area (Å²) in [4.78, 5) is 12.2. The summed E-state index contributed by atoms with van der Waals surface area (Å²) in [6, 6.07) is 9.96. The average Bonchev–Trinajstić information content (AvgIpc) is 2.43. The minimum Gasteiger partial charge on any atom is -0.478 e. The van der Waals surface area contributed by atoms with Crippen LogP contribution in [0.25, 0.3) is 0 Å². The van der Waals surface area contributed by atoms with Crippen LogP contribution in [0.1, 0.15) is 10.4 Å². The van der Waals surface area contributed by atoms with Crippen LogP contribution in [0, 0.1) is 5.82 Å². The number of benzene rings is 2. The van der Waals surface area contributed by atoms with Gasteiger partial charge in [-0.2, -0.15) is 0 Å². The first-order chi connectivity index (χ1) is 9.52. The zero-order valence-electron chi connectivity index (χ0n) is 10.7. The number of halogens is 1. The van der Waals surface area contributed by atoms with Crippen LogP contribution in [0.4, 0.5) is 21.5 Å². The lowest BCUT2D eigenvalue weighted by Gasteiger charge is -2.12. The first kappa shape index (κ1) is 14.2. The minimum absolute atomic E-state index is 0.259. The van der Waals surface area contributed by atoms with Crippen LogP contribution in [0.5, 0.6) is 0 Å². The quantitative estimate of drug-likeness (QED) is 0.593. The van der Waals surface area contributed by atoms with E-state index in [4.69, 9.17) is 10.8 Å². The van der Waals surface area contributed by atoms with E-state index in [2.05, 4.69) is 5.32 Å². The molecule has 0 aliphatic carbocycles. The Kier molecular flexibility index (Phi) is 4.14. The number of nitrogens with two attached hydrogens (primary N) is 1. The third-order valence-corrected chi connectivity index (χ3v) is 3.48. The van der Waals surface area contributed by atoms with Crippen molar-refractivity contribution in [1.82, 2.24) is 0 Å². The second kappa shape index (κ2) is 5.83. The summed E-state index contributed by atoms with van der Waals surface area (Å²) in [6.07, 6.45) is 1.94. The Morgan fingerprint density at radius 2 is 2.10 bits per heavy atom. The molecule has 0 aliphatic rings. The van der Waals surface area contributed by atoms with Crippen molar-refractivity contribution in [3.8, 4) is 0 Å². The average molecular weight is 292 g/mol. The first-order valence-corrected chi connectivity index (χ1v) is 6.97. The molecule has 0 amide bonds. The Morgan fingerprint density at radius 1 is 1.35 bits per heavy atom. The highest BCUT2D eigenvalue weighted by Crippen LogP contribution is 2.29. The molecule has 0 aromatic heterocycles. The van der Waals surface area contributed by atoms with Crippen LogP contribution in [0.15, 0.2) is 41.3 Å². The van der Waals surface area contributed by atoms with Gasteiger partial charge in [0.15, 0.2) is 0 Å². The maximum absolute atomic E-state index is 13.4. The normalized spacial score (nSPS) is 10.3. The van der Waals surface area contributed by atoms with E-state index in [0.29, 0.717) is 5.69 Å². The van der Waals surface area contributed by atoms with Crippen LogP contribution in [0.2, 0.25) is 0 Å². The second-order valence-corrected chi connectivity index (χ2v) is 4.93. The second-order valence-electron chi connectivity index (χ2n) is 4.05. The fourth-order valence-corrected chi connectivity index (χ4v) is 2.24. The number of anilines is 3.